The molecule has 0 saturated heterocycles. The van der Waals surface area contributed by atoms with Crippen LogP contribution in [0.15, 0.2) is 24.3 Å². The van der Waals surface area contributed by atoms with Crippen LogP contribution in [-0.4, -0.2) is 9.97 Å². The first-order valence-electron chi connectivity index (χ1n) is 6.57. The van der Waals surface area contributed by atoms with Gasteiger partial charge in [0.05, 0.1) is 6.04 Å². The highest BCUT2D eigenvalue weighted by Crippen LogP contribution is 2.25. The van der Waals surface area contributed by atoms with Gasteiger partial charge in [0.2, 0.25) is 0 Å². The summed E-state index contributed by atoms with van der Waals surface area (Å²) in [5, 5.41) is 3.64. The molecule has 1 aromatic heterocycles. The summed E-state index contributed by atoms with van der Waals surface area (Å²) in [5.74, 6) is 1.09. The van der Waals surface area contributed by atoms with Crippen LogP contribution in [0.2, 0.25) is 5.15 Å². The maximum Gasteiger partial charge on any atom is 0.137 e. The van der Waals surface area contributed by atoms with E-state index < -0.39 is 0 Å². The summed E-state index contributed by atoms with van der Waals surface area (Å²) in [4.78, 5) is 8.61. The zero-order valence-electron chi connectivity index (χ0n) is 11.7. The molecule has 0 spiro atoms. The Hall–Kier alpha value is -1.68. The second-order valence-corrected chi connectivity index (χ2v) is 5.00. The van der Waals surface area contributed by atoms with E-state index in [-0.39, 0.29) is 11.9 Å². The van der Waals surface area contributed by atoms with Gasteiger partial charge in [-0.05, 0) is 19.9 Å². The van der Waals surface area contributed by atoms with E-state index in [0.717, 1.165) is 5.56 Å². The van der Waals surface area contributed by atoms with Crippen LogP contribution in [0, 0.1) is 12.7 Å². The van der Waals surface area contributed by atoms with Crippen LogP contribution < -0.4 is 5.32 Å². The zero-order valence-corrected chi connectivity index (χ0v) is 12.5. The number of benzene rings is 1. The van der Waals surface area contributed by atoms with Gasteiger partial charge in [-0.1, -0.05) is 36.7 Å². The topological polar surface area (TPSA) is 37.8 Å². The van der Waals surface area contributed by atoms with E-state index >= 15 is 0 Å². The van der Waals surface area contributed by atoms with E-state index in [1.54, 1.807) is 12.1 Å². The van der Waals surface area contributed by atoms with Crippen molar-refractivity contribution in [3.8, 4) is 0 Å². The number of aromatic nitrogens is 2. The lowest BCUT2D eigenvalue weighted by Crippen LogP contribution is -2.12. The monoisotopic (exact) mass is 293 g/mol. The highest BCUT2D eigenvalue weighted by atomic mass is 35.5. The molecular weight excluding hydrogens is 277 g/mol. The first-order chi connectivity index (χ1) is 9.52. The van der Waals surface area contributed by atoms with Crippen molar-refractivity contribution in [3.05, 3.63) is 52.2 Å². The van der Waals surface area contributed by atoms with Crippen molar-refractivity contribution in [1.82, 2.24) is 9.97 Å². The molecule has 0 aliphatic rings. The van der Waals surface area contributed by atoms with Gasteiger partial charge in [0.25, 0.3) is 0 Å². The summed E-state index contributed by atoms with van der Waals surface area (Å²) >= 11 is 6.09. The van der Waals surface area contributed by atoms with Crippen LogP contribution in [0.4, 0.5) is 10.2 Å². The molecule has 0 bridgehead atoms. The van der Waals surface area contributed by atoms with Gasteiger partial charge in [0, 0.05) is 17.5 Å². The van der Waals surface area contributed by atoms with E-state index in [2.05, 4.69) is 15.3 Å². The molecule has 2 rings (SSSR count). The van der Waals surface area contributed by atoms with Gasteiger partial charge in [-0.2, -0.15) is 0 Å². The van der Waals surface area contributed by atoms with Crippen molar-refractivity contribution in [1.29, 1.82) is 0 Å². The van der Waals surface area contributed by atoms with Crippen LogP contribution in [0.1, 0.15) is 36.8 Å². The van der Waals surface area contributed by atoms with Crippen molar-refractivity contribution in [3.63, 3.8) is 0 Å². The summed E-state index contributed by atoms with van der Waals surface area (Å²) in [6, 6.07) is 6.49. The Balaban J connectivity index is 2.30. The number of aryl methyl sites for hydroxylation is 1. The number of rotatable bonds is 4. The second-order valence-electron chi connectivity index (χ2n) is 4.65. The molecule has 1 heterocycles. The van der Waals surface area contributed by atoms with Gasteiger partial charge in [-0.3, -0.25) is 0 Å². The minimum Gasteiger partial charge on any atom is -0.363 e. The molecule has 0 amide bonds. The fraction of sp³-hybridized carbons (Fsp3) is 0.333. The molecule has 0 aliphatic heterocycles. The molecule has 0 aliphatic carbocycles. The molecule has 1 N–H and O–H groups in total. The zero-order chi connectivity index (χ0) is 14.7. The van der Waals surface area contributed by atoms with Crippen molar-refractivity contribution in [2.75, 3.05) is 5.32 Å². The SMILES string of the molecule is CCc1nc(Cl)c(C)c(NC(C)c2ccccc2F)n1. The number of hydrogen-bond donors (Lipinski definition) is 1. The highest BCUT2D eigenvalue weighted by molar-refractivity contribution is 6.30. The molecule has 1 unspecified atom stereocenters. The van der Waals surface area contributed by atoms with Crippen LogP contribution in [0.3, 0.4) is 0 Å². The Morgan fingerprint density at radius 3 is 2.65 bits per heavy atom. The Bertz CT molecular complexity index is 616. The molecule has 1 aromatic carbocycles. The predicted molar refractivity (Wildman–Crippen MR) is 79.6 cm³/mol. The van der Waals surface area contributed by atoms with Gasteiger partial charge < -0.3 is 5.32 Å². The van der Waals surface area contributed by atoms with Crippen LogP contribution in [-0.2, 0) is 6.42 Å². The average molecular weight is 294 g/mol. The van der Waals surface area contributed by atoms with Crippen molar-refractivity contribution in [2.45, 2.75) is 33.2 Å². The average Bonchev–Trinajstić information content (AvgIpc) is 2.43. The number of nitrogens with zero attached hydrogens (tertiary/aromatic N) is 2. The third-order valence-corrected chi connectivity index (χ3v) is 3.54. The molecule has 0 fully saturated rings. The molecule has 3 nitrogen and oxygen atoms in total. The van der Waals surface area contributed by atoms with Gasteiger partial charge >= 0.3 is 0 Å². The fourth-order valence-corrected chi connectivity index (χ4v) is 2.13. The molecule has 2 aromatic rings. The second kappa shape index (κ2) is 6.18. The van der Waals surface area contributed by atoms with Crippen LogP contribution in [0.5, 0.6) is 0 Å². The normalized spacial score (nSPS) is 12.2. The minimum absolute atomic E-state index is 0.203. The molecule has 106 valence electrons. The highest BCUT2D eigenvalue weighted by Gasteiger charge is 2.14. The van der Waals surface area contributed by atoms with E-state index in [0.29, 0.717) is 28.8 Å². The summed E-state index contributed by atoms with van der Waals surface area (Å²) in [7, 11) is 0. The quantitative estimate of drug-likeness (QED) is 0.854. The standard InChI is InChI=1S/C15H17ClFN3/c1-4-13-19-14(16)9(2)15(20-13)18-10(3)11-7-5-6-8-12(11)17/h5-8,10H,4H2,1-3H3,(H,18,19,20). The summed E-state index contributed by atoms with van der Waals surface area (Å²) in [6.07, 6.45) is 0.697. The van der Waals surface area contributed by atoms with E-state index in [4.69, 9.17) is 11.6 Å². The maximum atomic E-state index is 13.8. The number of nitrogens with one attached hydrogen (secondary N) is 1. The number of hydrogen-bond acceptors (Lipinski definition) is 3. The van der Waals surface area contributed by atoms with Crippen molar-refractivity contribution >= 4 is 17.4 Å². The molecule has 1 atom stereocenters. The summed E-state index contributed by atoms with van der Waals surface area (Å²) < 4.78 is 13.8. The number of anilines is 1. The van der Waals surface area contributed by atoms with Crippen molar-refractivity contribution < 1.29 is 4.39 Å². The van der Waals surface area contributed by atoms with Crippen LogP contribution in [0.25, 0.3) is 0 Å². The molecule has 0 saturated carbocycles. The molecule has 20 heavy (non-hydrogen) atoms. The lowest BCUT2D eigenvalue weighted by molar-refractivity contribution is 0.600. The number of halogens is 2. The molecule has 5 heteroatoms. The fourth-order valence-electron chi connectivity index (χ4n) is 1.94. The minimum atomic E-state index is -0.235. The Morgan fingerprint density at radius 2 is 2.00 bits per heavy atom. The van der Waals surface area contributed by atoms with Gasteiger partial charge in [0.15, 0.2) is 0 Å². The Labute approximate surface area is 123 Å². The van der Waals surface area contributed by atoms with Gasteiger partial charge in [0.1, 0.15) is 22.6 Å². The summed E-state index contributed by atoms with van der Waals surface area (Å²) in [6.45, 7) is 5.70. The third kappa shape index (κ3) is 3.07. The largest absolute Gasteiger partial charge is 0.363 e. The van der Waals surface area contributed by atoms with Crippen LogP contribution >= 0.6 is 11.6 Å². The Morgan fingerprint density at radius 1 is 1.30 bits per heavy atom. The van der Waals surface area contributed by atoms with E-state index in [1.165, 1.54) is 6.07 Å². The molecular formula is C15H17ClFN3. The Kier molecular flexibility index (Phi) is 4.55. The van der Waals surface area contributed by atoms with Crippen molar-refractivity contribution in [2.24, 2.45) is 0 Å². The lowest BCUT2D eigenvalue weighted by Gasteiger charge is -2.18. The smallest absolute Gasteiger partial charge is 0.137 e. The maximum absolute atomic E-state index is 13.8. The van der Waals surface area contributed by atoms with E-state index in [1.807, 2.05) is 26.8 Å². The molecule has 0 radical (unpaired) electrons. The summed E-state index contributed by atoms with van der Waals surface area (Å²) in [5.41, 5.74) is 1.37. The first kappa shape index (κ1) is 14.7. The predicted octanol–water partition coefficient (Wildman–Crippen LogP) is 4.31. The third-order valence-electron chi connectivity index (χ3n) is 3.17. The first-order valence-corrected chi connectivity index (χ1v) is 6.94. The van der Waals surface area contributed by atoms with Gasteiger partial charge in [-0.25, -0.2) is 14.4 Å². The van der Waals surface area contributed by atoms with Gasteiger partial charge in [-0.15, -0.1) is 0 Å². The van der Waals surface area contributed by atoms with E-state index in [9.17, 15) is 4.39 Å². The lowest BCUT2D eigenvalue weighted by atomic mass is 10.1.